The number of carbonyl (C=O) groups is 1. The third-order valence-electron chi connectivity index (χ3n) is 5.55. The van der Waals surface area contributed by atoms with E-state index in [-0.39, 0.29) is 5.91 Å². The molecule has 0 saturated heterocycles. The summed E-state index contributed by atoms with van der Waals surface area (Å²) in [7, 11) is 3.58. The summed E-state index contributed by atoms with van der Waals surface area (Å²) in [6, 6.07) is 10.6. The van der Waals surface area contributed by atoms with Crippen LogP contribution in [0.2, 0.25) is 0 Å². The number of hydrogen-bond donors (Lipinski definition) is 1. The summed E-state index contributed by atoms with van der Waals surface area (Å²) in [4.78, 5) is 19.1. The van der Waals surface area contributed by atoms with Crippen LogP contribution >= 0.6 is 11.3 Å². The summed E-state index contributed by atoms with van der Waals surface area (Å²) < 4.78 is 2.05. The van der Waals surface area contributed by atoms with Gasteiger partial charge in [0.1, 0.15) is 5.01 Å². The zero-order chi connectivity index (χ0) is 21.1. The first-order valence-corrected chi connectivity index (χ1v) is 11.5. The molecule has 1 atom stereocenters. The van der Waals surface area contributed by atoms with E-state index in [0.29, 0.717) is 11.7 Å². The Bertz CT molecular complexity index is 1010. The average molecular weight is 424 g/mol. The van der Waals surface area contributed by atoms with Gasteiger partial charge in [0.2, 0.25) is 0 Å². The van der Waals surface area contributed by atoms with Crippen LogP contribution in [-0.4, -0.2) is 45.7 Å². The number of aryl methyl sites for hydroxylation is 1. The quantitative estimate of drug-likeness (QED) is 0.628. The number of nitrogens with zero attached hydrogens (tertiary/aromatic N) is 4. The standard InChI is InChI=1S/C23H29N5OS/c1-4-12-28-20-11-10-17(13-18(20)22(26-28)23(29)27(2)3)24-14-21-25-19(15-30-21)16-8-6-5-7-9-16/h5-9,15,17,24H,4,10-14H2,1-3H3. The van der Waals surface area contributed by atoms with E-state index in [9.17, 15) is 4.79 Å². The first-order valence-electron chi connectivity index (χ1n) is 10.6. The van der Waals surface area contributed by atoms with Gasteiger partial charge in [-0.25, -0.2) is 4.98 Å². The fourth-order valence-electron chi connectivity index (χ4n) is 4.01. The molecular weight excluding hydrogens is 394 g/mol. The van der Waals surface area contributed by atoms with Crippen LogP contribution in [-0.2, 0) is 25.9 Å². The Morgan fingerprint density at radius 3 is 2.83 bits per heavy atom. The highest BCUT2D eigenvalue weighted by Crippen LogP contribution is 2.27. The van der Waals surface area contributed by atoms with Gasteiger partial charge in [-0.2, -0.15) is 5.10 Å². The molecule has 7 heteroatoms. The summed E-state index contributed by atoms with van der Waals surface area (Å²) in [5.74, 6) is -0.00539. The molecule has 158 valence electrons. The van der Waals surface area contributed by atoms with E-state index in [1.807, 2.05) is 18.2 Å². The molecule has 2 heterocycles. The van der Waals surface area contributed by atoms with Gasteiger partial charge in [-0.3, -0.25) is 9.48 Å². The van der Waals surface area contributed by atoms with Gasteiger partial charge in [0.05, 0.1) is 5.69 Å². The summed E-state index contributed by atoms with van der Waals surface area (Å²) >= 11 is 1.69. The van der Waals surface area contributed by atoms with Crippen LogP contribution in [0.25, 0.3) is 11.3 Å². The van der Waals surface area contributed by atoms with Crippen molar-refractivity contribution >= 4 is 17.2 Å². The molecule has 30 heavy (non-hydrogen) atoms. The lowest BCUT2D eigenvalue weighted by atomic mass is 9.91. The van der Waals surface area contributed by atoms with Gasteiger partial charge >= 0.3 is 0 Å². The smallest absolute Gasteiger partial charge is 0.274 e. The van der Waals surface area contributed by atoms with E-state index in [1.165, 1.54) is 5.69 Å². The van der Waals surface area contributed by atoms with E-state index in [2.05, 4.69) is 39.5 Å². The summed E-state index contributed by atoms with van der Waals surface area (Å²) in [6.07, 6.45) is 3.85. The van der Waals surface area contributed by atoms with Gasteiger partial charge in [0.15, 0.2) is 5.69 Å². The predicted octanol–water partition coefficient (Wildman–Crippen LogP) is 3.77. The molecule has 0 saturated carbocycles. The Labute approximate surface area is 181 Å². The maximum atomic E-state index is 12.7. The van der Waals surface area contributed by atoms with Gasteiger partial charge < -0.3 is 10.2 Å². The molecule has 1 aliphatic rings. The van der Waals surface area contributed by atoms with Gasteiger partial charge in [-0.15, -0.1) is 11.3 Å². The van der Waals surface area contributed by atoms with Crippen LogP contribution in [0.3, 0.4) is 0 Å². The average Bonchev–Trinajstić information content (AvgIpc) is 3.37. The lowest BCUT2D eigenvalue weighted by molar-refractivity contribution is 0.0819. The highest BCUT2D eigenvalue weighted by atomic mass is 32.1. The first-order chi connectivity index (χ1) is 14.6. The number of aromatic nitrogens is 3. The Balaban J connectivity index is 1.45. The third-order valence-corrected chi connectivity index (χ3v) is 6.40. The van der Waals surface area contributed by atoms with Crippen molar-refractivity contribution in [2.75, 3.05) is 14.1 Å². The number of benzene rings is 1. The predicted molar refractivity (Wildman–Crippen MR) is 121 cm³/mol. The fraction of sp³-hybridized carbons (Fsp3) is 0.435. The number of amides is 1. The molecule has 1 unspecified atom stereocenters. The molecule has 0 spiro atoms. The molecule has 2 aromatic heterocycles. The molecule has 1 amide bonds. The lowest BCUT2D eigenvalue weighted by Crippen LogP contribution is -2.35. The Morgan fingerprint density at radius 1 is 1.30 bits per heavy atom. The zero-order valence-corrected chi connectivity index (χ0v) is 18.7. The van der Waals surface area contributed by atoms with Crippen molar-refractivity contribution in [1.82, 2.24) is 25.0 Å². The molecule has 4 rings (SSSR count). The van der Waals surface area contributed by atoms with Crippen molar-refractivity contribution in [3.63, 3.8) is 0 Å². The van der Waals surface area contributed by atoms with Gasteiger partial charge in [-0.05, 0) is 25.7 Å². The second-order valence-electron chi connectivity index (χ2n) is 8.01. The normalized spacial score (nSPS) is 15.8. The van der Waals surface area contributed by atoms with E-state index >= 15 is 0 Å². The van der Waals surface area contributed by atoms with Crippen LogP contribution < -0.4 is 5.32 Å². The van der Waals surface area contributed by atoms with E-state index in [0.717, 1.165) is 60.6 Å². The number of fused-ring (bicyclic) bond motifs is 1. The van der Waals surface area contributed by atoms with E-state index in [4.69, 9.17) is 4.98 Å². The van der Waals surface area contributed by atoms with E-state index < -0.39 is 0 Å². The molecule has 1 N–H and O–H groups in total. The SMILES string of the molecule is CCCn1nc(C(=O)N(C)C)c2c1CCC(NCc1nc(-c3ccccc3)cs1)C2. The third kappa shape index (κ3) is 4.32. The van der Waals surface area contributed by atoms with Crippen molar-refractivity contribution in [3.05, 3.63) is 57.7 Å². The highest BCUT2D eigenvalue weighted by molar-refractivity contribution is 7.09. The van der Waals surface area contributed by atoms with Gasteiger partial charge in [0.25, 0.3) is 5.91 Å². The minimum Gasteiger partial charge on any atom is -0.343 e. The summed E-state index contributed by atoms with van der Waals surface area (Å²) in [5, 5.41) is 11.6. The summed E-state index contributed by atoms with van der Waals surface area (Å²) in [6.45, 7) is 3.76. The number of hydrogen-bond acceptors (Lipinski definition) is 5. The van der Waals surface area contributed by atoms with Crippen molar-refractivity contribution in [2.45, 2.75) is 51.7 Å². The van der Waals surface area contributed by atoms with Crippen LogP contribution in [0.5, 0.6) is 0 Å². The lowest BCUT2D eigenvalue weighted by Gasteiger charge is -2.24. The molecule has 0 radical (unpaired) electrons. The number of thiazole rings is 1. The van der Waals surface area contributed by atoms with E-state index in [1.54, 1.807) is 30.3 Å². The van der Waals surface area contributed by atoms with Crippen LogP contribution in [0.15, 0.2) is 35.7 Å². The molecule has 0 fully saturated rings. The molecule has 0 aliphatic heterocycles. The number of rotatable bonds is 7. The molecular formula is C23H29N5OS. The van der Waals surface area contributed by atoms with Crippen molar-refractivity contribution < 1.29 is 4.79 Å². The van der Waals surface area contributed by atoms with Gasteiger partial charge in [0, 0.05) is 55.4 Å². The number of nitrogens with one attached hydrogen (secondary N) is 1. The van der Waals surface area contributed by atoms with Gasteiger partial charge in [-0.1, -0.05) is 37.3 Å². The largest absolute Gasteiger partial charge is 0.343 e. The van der Waals surface area contributed by atoms with Crippen molar-refractivity contribution in [2.24, 2.45) is 0 Å². The topological polar surface area (TPSA) is 63.1 Å². The molecule has 1 aliphatic carbocycles. The minimum absolute atomic E-state index is 0.00539. The Hall–Kier alpha value is -2.51. The van der Waals surface area contributed by atoms with Crippen LogP contribution in [0, 0.1) is 0 Å². The van der Waals surface area contributed by atoms with Crippen molar-refractivity contribution in [1.29, 1.82) is 0 Å². The summed E-state index contributed by atoms with van der Waals surface area (Å²) in [5.41, 5.74) is 5.16. The molecule has 6 nitrogen and oxygen atoms in total. The number of carbonyl (C=O) groups excluding carboxylic acids is 1. The first kappa shape index (κ1) is 20.8. The highest BCUT2D eigenvalue weighted by Gasteiger charge is 2.29. The molecule has 3 aromatic rings. The maximum absolute atomic E-state index is 12.7. The van der Waals surface area contributed by atoms with Crippen LogP contribution in [0.4, 0.5) is 0 Å². The molecule has 1 aromatic carbocycles. The zero-order valence-electron chi connectivity index (χ0n) is 17.9. The second kappa shape index (κ2) is 9.10. The fourth-order valence-corrected chi connectivity index (χ4v) is 4.76. The minimum atomic E-state index is -0.00539. The van der Waals surface area contributed by atoms with Crippen molar-refractivity contribution in [3.8, 4) is 11.3 Å². The Kier molecular flexibility index (Phi) is 6.29. The Morgan fingerprint density at radius 2 is 2.10 bits per heavy atom. The second-order valence-corrected chi connectivity index (χ2v) is 8.95. The van der Waals surface area contributed by atoms with Crippen LogP contribution in [0.1, 0.15) is 46.5 Å². The molecule has 0 bridgehead atoms. The monoisotopic (exact) mass is 423 g/mol. The maximum Gasteiger partial charge on any atom is 0.274 e.